The van der Waals surface area contributed by atoms with E-state index in [0.717, 1.165) is 11.3 Å². The average molecular weight is 266 g/mol. The van der Waals surface area contributed by atoms with E-state index >= 15 is 0 Å². The Kier molecular flexibility index (Phi) is 3.58. The van der Waals surface area contributed by atoms with Gasteiger partial charge in [-0.25, -0.2) is 0 Å². The fourth-order valence-corrected chi connectivity index (χ4v) is 1.80. The third-order valence-electron chi connectivity index (χ3n) is 2.59. The van der Waals surface area contributed by atoms with Crippen LogP contribution in [0.2, 0.25) is 0 Å². The molecule has 1 N–H and O–H groups in total. The standard InChI is InChI=1S/C13H12ClNO3/c1-17-8-3-6-12(18-2)9(7-8)10-4-5-11(15-10)13(14)16/h3-7,15H,1-2H3. The Morgan fingerprint density at radius 1 is 1.17 bits per heavy atom. The van der Waals surface area contributed by atoms with Crippen molar-refractivity contribution in [3.63, 3.8) is 0 Å². The molecule has 0 aliphatic rings. The first-order chi connectivity index (χ1) is 8.65. The van der Waals surface area contributed by atoms with Crippen LogP contribution in [0.1, 0.15) is 10.5 Å². The van der Waals surface area contributed by atoms with E-state index in [0.29, 0.717) is 17.2 Å². The second-order valence-corrected chi connectivity index (χ2v) is 3.97. The molecule has 94 valence electrons. The molecule has 0 spiro atoms. The van der Waals surface area contributed by atoms with Gasteiger partial charge in [-0.2, -0.15) is 0 Å². The molecule has 0 radical (unpaired) electrons. The summed E-state index contributed by atoms with van der Waals surface area (Å²) in [5.74, 6) is 1.39. The summed E-state index contributed by atoms with van der Waals surface area (Å²) < 4.78 is 10.4. The van der Waals surface area contributed by atoms with E-state index in [1.165, 1.54) is 0 Å². The van der Waals surface area contributed by atoms with E-state index in [-0.39, 0.29) is 0 Å². The molecule has 0 amide bonds. The van der Waals surface area contributed by atoms with E-state index in [2.05, 4.69) is 4.98 Å². The lowest BCUT2D eigenvalue weighted by Gasteiger charge is -2.09. The van der Waals surface area contributed by atoms with Crippen LogP contribution in [0.4, 0.5) is 0 Å². The van der Waals surface area contributed by atoms with Crippen LogP contribution in [-0.2, 0) is 0 Å². The maximum atomic E-state index is 11.0. The number of hydrogen-bond donors (Lipinski definition) is 1. The number of aromatic amines is 1. The van der Waals surface area contributed by atoms with Crippen molar-refractivity contribution in [3.8, 4) is 22.8 Å². The summed E-state index contributed by atoms with van der Waals surface area (Å²) in [7, 11) is 3.18. The van der Waals surface area contributed by atoms with Gasteiger partial charge < -0.3 is 14.5 Å². The molecule has 2 aromatic rings. The summed E-state index contributed by atoms with van der Waals surface area (Å²) in [5.41, 5.74) is 1.90. The van der Waals surface area contributed by atoms with Gasteiger partial charge in [0.25, 0.3) is 5.24 Å². The van der Waals surface area contributed by atoms with Crippen molar-refractivity contribution in [2.24, 2.45) is 0 Å². The Morgan fingerprint density at radius 2 is 1.94 bits per heavy atom. The van der Waals surface area contributed by atoms with Crippen LogP contribution in [0.25, 0.3) is 11.3 Å². The molecular weight excluding hydrogens is 254 g/mol. The third kappa shape index (κ3) is 2.33. The zero-order valence-corrected chi connectivity index (χ0v) is 10.7. The lowest BCUT2D eigenvalue weighted by molar-refractivity contribution is 0.107. The fourth-order valence-electron chi connectivity index (χ4n) is 1.69. The highest BCUT2D eigenvalue weighted by Crippen LogP contribution is 2.32. The zero-order valence-electron chi connectivity index (χ0n) is 9.99. The van der Waals surface area contributed by atoms with Gasteiger partial charge in [-0.1, -0.05) is 0 Å². The summed E-state index contributed by atoms with van der Waals surface area (Å²) in [6.45, 7) is 0. The van der Waals surface area contributed by atoms with Gasteiger partial charge in [-0.15, -0.1) is 0 Å². The first-order valence-electron chi connectivity index (χ1n) is 5.27. The van der Waals surface area contributed by atoms with E-state index in [1.807, 2.05) is 6.07 Å². The average Bonchev–Trinajstić information content (AvgIpc) is 2.87. The third-order valence-corrected chi connectivity index (χ3v) is 2.80. The van der Waals surface area contributed by atoms with Crippen LogP contribution in [0.5, 0.6) is 11.5 Å². The van der Waals surface area contributed by atoms with E-state index < -0.39 is 5.24 Å². The second kappa shape index (κ2) is 5.14. The Balaban J connectivity index is 2.50. The van der Waals surface area contributed by atoms with Crippen molar-refractivity contribution in [3.05, 3.63) is 36.0 Å². The molecule has 0 saturated heterocycles. The summed E-state index contributed by atoms with van der Waals surface area (Å²) in [4.78, 5) is 14.0. The van der Waals surface area contributed by atoms with Crippen molar-refractivity contribution in [2.75, 3.05) is 14.2 Å². The second-order valence-electron chi connectivity index (χ2n) is 3.63. The van der Waals surface area contributed by atoms with Crippen LogP contribution in [-0.4, -0.2) is 24.4 Å². The molecule has 0 bridgehead atoms. The summed E-state index contributed by atoms with van der Waals surface area (Å²) in [5, 5.41) is -0.525. The van der Waals surface area contributed by atoms with E-state index in [9.17, 15) is 4.79 Å². The summed E-state index contributed by atoms with van der Waals surface area (Å²) >= 11 is 5.41. The molecule has 1 aromatic carbocycles. The lowest BCUT2D eigenvalue weighted by atomic mass is 10.1. The number of carbonyl (C=O) groups is 1. The lowest BCUT2D eigenvalue weighted by Crippen LogP contribution is -1.92. The Hall–Kier alpha value is -1.94. The smallest absolute Gasteiger partial charge is 0.268 e. The molecule has 0 unspecified atom stereocenters. The predicted octanol–water partition coefficient (Wildman–Crippen LogP) is 3.08. The number of benzene rings is 1. The Bertz CT molecular complexity index is 577. The number of aromatic nitrogens is 1. The topological polar surface area (TPSA) is 51.3 Å². The van der Waals surface area contributed by atoms with Gasteiger partial charge in [-0.05, 0) is 41.9 Å². The molecule has 0 fully saturated rings. The Morgan fingerprint density at radius 3 is 2.50 bits per heavy atom. The van der Waals surface area contributed by atoms with Crippen LogP contribution in [0.15, 0.2) is 30.3 Å². The summed E-state index contributed by atoms with van der Waals surface area (Å²) in [6.07, 6.45) is 0. The minimum Gasteiger partial charge on any atom is -0.497 e. The number of rotatable bonds is 4. The SMILES string of the molecule is COc1ccc(OC)c(-c2ccc(C(=O)Cl)[nH]2)c1. The fraction of sp³-hybridized carbons (Fsp3) is 0.154. The van der Waals surface area contributed by atoms with Crippen LogP contribution in [0.3, 0.4) is 0 Å². The predicted molar refractivity (Wildman–Crippen MR) is 69.5 cm³/mol. The van der Waals surface area contributed by atoms with Crippen molar-refractivity contribution >= 4 is 16.8 Å². The molecule has 0 saturated carbocycles. The molecule has 0 atom stereocenters. The summed E-state index contributed by atoms with van der Waals surface area (Å²) in [6, 6.07) is 8.83. The van der Waals surface area contributed by atoms with Crippen molar-refractivity contribution in [1.82, 2.24) is 4.98 Å². The minimum absolute atomic E-state index is 0.344. The maximum absolute atomic E-state index is 11.0. The highest BCUT2D eigenvalue weighted by atomic mass is 35.5. The zero-order chi connectivity index (χ0) is 13.1. The number of halogens is 1. The molecule has 0 aliphatic carbocycles. The van der Waals surface area contributed by atoms with Gasteiger partial charge in [0.05, 0.1) is 19.9 Å². The molecular formula is C13H12ClNO3. The Labute approximate surface area is 109 Å². The highest BCUT2D eigenvalue weighted by Gasteiger charge is 2.11. The van der Waals surface area contributed by atoms with Gasteiger partial charge >= 0.3 is 0 Å². The van der Waals surface area contributed by atoms with Gasteiger partial charge in [0.2, 0.25) is 0 Å². The highest BCUT2D eigenvalue weighted by molar-refractivity contribution is 6.67. The molecule has 2 rings (SSSR count). The number of methoxy groups -OCH3 is 2. The van der Waals surface area contributed by atoms with Gasteiger partial charge in [0.1, 0.15) is 11.5 Å². The molecule has 1 aromatic heterocycles. The van der Waals surface area contributed by atoms with Crippen molar-refractivity contribution in [1.29, 1.82) is 0 Å². The van der Waals surface area contributed by atoms with Crippen LogP contribution in [0, 0.1) is 0 Å². The normalized spacial score (nSPS) is 10.2. The number of hydrogen-bond acceptors (Lipinski definition) is 3. The quantitative estimate of drug-likeness (QED) is 0.865. The monoisotopic (exact) mass is 265 g/mol. The van der Waals surface area contributed by atoms with Gasteiger partial charge in [0.15, 0.2) is 0 Å². The number of nitrogens with one attached hydrogen (secondary N) is 1. The largest absolute Gasteiger partial charge is 0.497 e. The van der Waals surface area contributed by atoms with E-state index in [4.69, 9.17) is 21.1 Å². The molecule has 0 aliphatic heterocycles. The van der Waals surface area contributed by atoms with Crippen LogP contribution < -0.4 is 9.47 Å². The molecule has 5 heteroatoms. The maximum Gasteiger partial charge on any atom is 0.268 e. The first-order valence-corrected chi connectivity index (χ1v) is 5.64. The van der Waals surface area contributed by atoms with Crippen molar-refractivity contribution < 1.29 is 14.3 Å². The van der Waals surface area contributed by atoms with Gasteiger partial charge in [0, 0.05) is 11.3 Å². The van der Waals surface area contributed by atoms with Gasteiger partial charge in [-0.3, -0.25) is 4.79 Å². The van der Waals surface area contributed by atoms with Crippen molar-refractivity contribution in [2.45, 2.75) is 0 Å². The number of carbonyl (C=O) groups excluding carboxylic acids is 1. The molecule has 1 heterocycles. The first kappa shape index (κ1) is 12.5. The number of H-pyrrole nitrogens is 1. The van der Waals surface area contributed by atoms with Crippen LogP contribution >= 0.6 is 11.6 Å². The molecule has 4 nitrogen and oxygen atoms in total. The molecule has 18 heavy (non-hydrogen) atoms. The van der Waals surface area contributed by atoms with E-state index in [1.54, 1.807) is 38.5 Å². The number of ether oxygens (including phenoxy) is 2. The minimum atomic E-state index is -0.525.